The van der Waals surface area contributed by atoms with Crippen molar-refractivity contribution in [1.82, 2.24) is 0 Å². The van der Waals surface area contributed by atoms with Crippen LogP contribution in [0.15, 0.2) is 0 Å². The lowest BCUT2D eigenvalue weighted by Gasteiger charge is -2.11. The Balaban J connectivity index is -0.000000100. The number of rotatable bonds is 8. The van der Waals surface area contributed by atoms with E-state index in [0.29, 0.717) is 12.0 Å². The minimum atomic E-state index is 0. The van der Waals surface area contributed by atoms with E-state index in [4.69, 9.17) is 9.47 Å². The quantitative estimate of drug-likeness (QED) is 0.535. The first-order chi connectivity index (χ1) is 7.58. The molecule has 0 heterocycles. The van der Waals surface area contributed by atoms with Gasteiger partial charge in [-0.05, 0) is 32.1 Å². The Kier molecular flexibility index (Phi) is 32.6. The van der Waals surface area contributed by atoms with Crippen LogP contribution in [0.5, 0.6) is 0 Å². The minimum Gasteiger partial charge on any atom is -0.381 e. The maximum atomic E-state index is 5.45. The Morgan fingerprint density at radius 1 is 0.833 bits per heavy atom. The fourth-order valence-electron chi connectivity index (χ4n) is 0.865. The molecule has 0 saturated heterocycles. The predicted octanol–water partition coefficient (Wildman–Crippen LogP) is 5.55. The SMILES string of the molecule is C.C.CCC(C)OCC(C)C.CCCOCCC. The molecule has 0 fully saturated rings. The van der Waals surface area contributed by atoms with Gasteiger partial charge < -0.3 is 9.47 Å². The number of hydrogen-bond donors (Lipinski definition) is 0. The molecule has 0 aromatic rings. The van der Waals surface area contributed by atoms with Crippen LogP contribution in [0.4, 0.5) is 0 Å². The molecule has 0 rings (SSSR count). The van der Waals surface area contributed by atoms with E-state index in [1.54, 1.807) is 0 Å². The summed E-state index contributed by atoms with van der Waals surface area (Å²) in [6, 6.07) is 0. The minimum absolute atomic E-state index is 0. The molecule has 2 heteroatoms. The monoisotopic (exact) mass is 264 g/mol. The molecule has 18 heavy (non-hydrogen) atoms. The summed E-state index contributed by atoms with van der Waals surface area (Å²) < 4.78 is 10.6. The third-order valence-electron chi connectivity index (χ3n) is 1.99. The van der Waals surface area contributed by atoms with Gasteiger partial charge in [0.05, 0.1) is 6.10 Å². The fraction of sp³-hybridized carbons (Fsp3) is 1.00. The van der Waals surface area contributed by atoms with Crippen LogP contribution in [0, 0.1) is 5.92 Å². The summed E-state index contributed by atoms with van der Waals surface area (Å²) in [5, 5.41) is 0. The van der Waals surface area contributed by atoms with Crippen LogP contribution in [0.2, 0.25) is 0 Å². The smallest absolute Gasteiger partial charge is 0.0544 e. The van der Waals surface area contributed by atoms with Gasteiger partial charge >= 0.3 is 0 Å². The van der Waals surface area contributed by atoms with Crippen LogP contribution in [0.1, 0.15) is 75.7 Å². The van der Waals surface area contributed by atoms with Crippen molar-refractivity contribution in [2.45, 2.75) is 81.8 Å². The molecule has 1 atom stereocenters. The van der Waals surface area contributed by atoms with Crippen molar-refractivity contribution in [2.75, 3.05) is 19.8 Å². The molecule has 116 valence electrons. The van der Waals surface area contributed by atoms with Crippen molar-refractivity contribution >= 4 is 0 Å². The van der Waals surface area contributed by atoms with Crippen molar-refractivity contribution in [2.24, 2.45) is 5.92 Å². The fourth-order valence-corrected chi connectivity index (χ4v) is 0.865. The van der Waals surface area contributed by atoms with Crippen molar-refractivity contribution in [3.63, 3.8) is 0 Å². The first-order valence-electron chi connectivity index (χ1n) is 6.77. The lowest BCUT2D eigenvalue weighted by molar-refractivity contribution is 0.0455. The van der Waals surface area contributed by atoms with Crippen molar-refractivity contribution in [3.8, 4) is 0 Å². The molecule has 0 spiro atoms. The Hall–Kier alpha value is -0.0800. The summed E-state index contributed by atoms with van der Waals surface area (Å²) in [5.41, 5.74) is 0. The van der Waals surface area contributed by atoms with Crippen LogP contribution in [-0.4, -0.2) is 25.9 Å². The van der Waals surface area contributed by atoms with Gasteiger partial charge in [0.1, 0.15) is 0 Å². The molecule has 0 aromatic carbocycles. The second kappa shape index (κ2) is 22.1. The highest BCUT2D eigenvalue weighted by Crippen LogP contribution is 1.99. The number of hydrogen-bond acceptors (Lipinski definition) is 2. The van der Waals surface area contributed by atoms with Crippen molar-refractivity contribution in [1.29, 1.82) is 0 Å². The Morgan fingerprint density at radius 2 is 1.28 bits per heavy atom. The summed E-state index contributed by atoms with van der Waals surface area (Å²) in [6.45, 7) is 15.6. The zero-order chi connectivity index (χ0) is 12.8. The lowest BCUT2D eigenvalue weighted by Crippen LogP contribution is -2.10. The van der Waals surface area contributed by atoms with E-state index in [1.807, 2.05) is 0 Å². The molecule has 0 aliphatic rings. The highest BCUT2D eigenvalue weighted by Gasteiger charge is 1.98. The van der Waals surface area contributed by atoms with Crippen molar-refractivity contribution in [3.05, 3.63) is 0 Å². The molecule has 0 radical (unpaired) electrons. The maximum Gasteiger partial charge on any atom is 0.0544 e. The standard InChI is InChI=1S/C8H18O.C6H14O.2CH4/c1-5-8(4)9-6-7(2)3;1-3-5-7-6-4-2;;/h7-8H,5-6H2,1-4H3;3-6H2,1-2H3;2*1H4. The second-order valence-corrected chi connectivity index (χ2v) is 4.56. The van der Waals surface area contributed by atoms with Gasteiger partial charge in [0, 0.05) is 19.8 Å². The van der Waals surface area contributed by atoms with E-state index in [1.165, 1.54) is 0 Å². The molecular weight excluding hydrogens is 224 g/mol. The third kappa shape index (κ3) is 29.7. The van der Waals surface area contributed by atoms with Gasteiger partial charge in [0.25, 0.3) is 0 Å². The Morgan fingerprint density at radius 3 is 1.56 bits per heavy atom. The zero-order valence-electron chi connectivity index (χ0n) is 12.2. The zero-order valence-corrected chi connectivity index (χ0v) is 12.2. The van der Waals surface area contributed by atoms with E-state index in [9.17, 15) is 0 Å². The average molecular weight is 264 g/mol. The largest absolute Gasteiger partial charge is 0.381 e. The van der Waals surface area contributed by atoms with E-state index < -0.39 is 0 Å². The maximum absolute atomic E-state index is 5.45. The average Bonchev–Trinajstić information content (AvgIpc) is 2.27. The molecule has 0 aliphatic heterocycles. The van der Waals surface area contributed by atoms with E-state index in [2.05, 4.69) is 41.5 Å². The molecule has 0 aliphatic carbocycles. The summed E-state index contributed by atoms with van der Waals surface area (Å²) in [4.78, 5) is 0. The lowest BCUT2D eigenvalue weighted by atomic mass is 10.2. The highest BCUT2D eigenvalue weighted by atomic mass is 16.5. The van der Waals surface area contributed by atoms with Gasteiger partial charge in [0.2, 0.25) is 0 Å². The van der Waals surface area contributed by atoms with Crippen LogP contribution < -0.4 is 0 Å². The first-order valence-corrected chi connectivity index (χ1v) is 6.77. The molecule has 2 nitrogen and oxygen atoms in total. The van der Waals surface area contributed by atoms with Gasteiger partial charge in [-0.3, -0.25) is 0 Å². The Bertz CT molecular complexity index is 110. The molecule has 0 aromatic heterocycles. The third-order valence-corrected chi connectivity index (χ3v) is 1.99. The molecule has 1 unspecified atom stereocenters. The van der Waals surface area contributed by atoms with E-state index in [-0.39, 0.29) is 14.9 Å². The van der Waals surface area contributed by atoms with Crippen LogP contribution >= 0.6 is 0 Å². The van der Waals surface area contributed by atoms with E-state index in [0.717, 1.165) is 39.1 Å². The van der Waals surface area contributed by atoms with Gasteiger partial charge in [-0.25, -0.2) is 0 Å². The Labute approximate surface area is 117 Å². The van der Waals surface area contributed by atoms with Crippen LogP contribution in [0.25, 0.3) is 0 Å². The summed E-state index contributed by atoms with van der Waals surface area (Å²) in [7, 11) is 0. The molecular formula is C16H40O2. The van der Waals surface area contributed by atoms with Gasteiger partial charge in [-0.1, -0.05) is 49.5 Å². The molecule has 0 saturated carbocycles. The highest BCUT2D eigenvalue weighted by molar-refractivity contribution is 4.46. The normalized spacial score (nSPS) is 10.8. The van der Waals surface area contributed by atoms with Crippen molar-refractivity contribution < 1.29 is 9.47 Å². The summed E-state index contributed by atoms with van der Waals surface area (Å²) in [5.74, 6) is 0.666. The summed E-state index contributed by atoms with van der Waals surface area (Å²) >= 11 is 0. The second-order valence-electron chi connectivity index (χ2n) is 4.56. The number of ether oxygens (including phenoxy) is 2. The van der Waals surface area contributed by atoms with E-state index >= 15 is 0 Å². The van der Waals surface area contributed by atoms with Crippen LogP contribution in [0.3, 0.4) is 0 Å². The van der Waals surface area contributed by atoms with Gasteiger partial charge in [-0.15, -0.1) is 0 Å². The first kappa shape index (κ1) is 26.5. The van der Waals surface area contributed by atoms with Crippen LogP contribution in [-0.2, 0) is 9.47 Å². The molecule has 0 bridgehead atoms. The predicted molar refractivity (Wildman–Crippen MR) is 85.4 cm³/mol. The topological polar surface area (TPSA) is 18.5 Å². The molecule has 0 N–H and O–H groups in total. The van der Waals surface area contributed by atoms with Gasteiger partial charge in [0.15, 0.2) is 0 Å². The molecule has 0 amide bonds. The van der Waals surface area contributed by atoms with Gasteiger partial charge in [-0.2, -0.15) is 0 Å². The summed E-state index contributed by atoms with van der Waals surface area (Å²) in [6.07, 6.45) is 3.83.